The quantitative estimate of drug-likeness (QED) is 0.219. The Bertz CT molecular complexity index is 752. The minimum Gasteiger partial charge on any atom is -0.379 e. The lowest BCUT2D eigenvalue weighted by molar-refractivity contribution is 0.0180. The number of aliphatic imine (C=N–C) groups is 1. The Hall–Kier alpha value is -1.36. The van der Waals surface area contributed by atoms with Crippen LogP contribution in [0.15, 0.2) is 47.7 Å². The largest absolute Gasteiger partial charge is 0.379 e. The molecule has 0 bridgehead atoms. The summed E-state index contributed by atoms with van der Waals surface area (Å²) in [5, 5.41) is 11.8. The smallest absolute Gasteiger partial charge is 0.191 e. The van der Waals surface area contributed by atoms with E-state index in [-0.39, 0.29) is 30.0 Å². The van der Waals surface area contributed by atoms with Gasteiger partial charge < -0.3 is 15.4 Å². The van der Waals surface area contributed by atoms with Crippen LogP contribution in [0.1, 0.15) is 24.9 Å². The molecule has 9 heteroatoms. The third-order valence-electron chi connectivity index (χ3n) is 4.93. The third-order valence-corrected chi connectivity index (χ3v) is 5.28. The van der Waals surface area contributed by atoms with Gasteiger partial charge in [-0.1, -0.05) is 29.8 Å². The molecular formula is C21H32ClIN6O. The Morgan fingerprint density at radius 3 is 2.73 bits per heavy atom. The lowest BCUT2D eigenvalue weighted by Crippen LogP contribution is -2.42. The zero-order valence-electron chi connectivity index (χ0n) is 17.5. The summed E-state index contributed by atoms with van der Waals surface area (Å²) in [6, 6.07) is 10.1. The molecule has 30 heavy (non-hydrogen) atoms. The van der Waals surface area contributed by atoms with Gasteiger partial charge in [0.2, 0.25) is 0 Å². The van der Waals surface area contributed by atoms with Crippen LogP contribution in [-0.4, -0.2) is 66.6 Å². The van der Waals surface area contributed by atoms with Crippen molar-refractivity contribution >= 4 is 41.5 Å². The first-order valence-corrected chi connectivity index (χ1v) is 10.7. The number of guanidine groups is 1. The van der Waals surface area contributed by atoms with Crippen LogP contribution in [0.4, 0.5) is 0 Å². The molecule has 0 spiro atoms. The van der Waals surface area contributed by atoms with Gasteiger partial charge in [0.15, 0.2) is 5.96 Å². The molecule has 166 valence electrons. The second-order valence-corrected chi connectivity index (χ2v) is 7.36. The van der Waals surface area contributed by atoms with E-state index in [9.17, 15) is 0 Å². The highest BCUT2D eigenvalue weighted by Crippen LogP contribution is 2.28. The Labute approximate surface area is 201 Å². The second-order valence-electron chi connectivity index (χ2n) is 6.95. The van der Waals surface area contributed by atoms with E-state index in [1.165, 1.54) is 0 Å². The summed E-state index contributed by atoms with van der Waals surface area (Å²) in [5.74, 6) is 0.832. The first kappa shape index (κ1) is 24.9. The van der Waals surface area contributed by atoms with Gasteiger partial charge in [-0.05, 0) is 31.0 Å². The van der Waals surface area contributed by atoms with Crippen molar-refractivity contribution in [3.8, 4) is 0 Å². The molecule has 2 heterocycles. The van der Waals surface area contributed by atoms with Crippen molar-refractivity contribution in [2.75, 3.05) is 45.9 Å². The van der Waals surface area contributed by atoms with Crippen molar-refractivity contribution in [1.29, 1.82) is 0 Å². The average molecular weight is 547 g/mol. The number of morpholine rings is 1. The van der Waals surface area contributed by atoms with Gasteiger partial charge in [0, 0.05) is 50.1 Å². The number of aromatic nitrogens is 2. The first-order chi connectivity index (χ1) is 14.3. The number of nitrogens with one attached hydrogen (secondary N) is 2. The number of hydrogen-bond acceptors (Lipinski definition) is 4. The maximum Gasteiger partial charge on any atom is 0.191 e. The molecule has 1 aromatic carbocycles. The Morgan fingerprint density at radius 1 is 1.23 bits per heavy atom. The van der Waals surface area contributed by atoms with Crippen LogP contribution < -0.4 is 10.6 Å². The summed E-state index contributed by atoms with van der Waals surface area (Å²) in [6.45, 7) is 8.52. The summed E-state index contributed by atoms with van der Waals surface area (Å²) in [6.07, 6.45) is 4.76. The number of halogens is 2. The van der Waals surface area contributed by atoms with Gasteiger partial charge in [0.1, 0.15) is 0 Å². The van der Waals surface area contributed by atoms with Crippen LogP contribution in [0.5, 0.6) is 0 Å². The minimum atomic E-state index is 0. The number of rotatable bonds is 9. The van der Waals surface area contributed by atoms with E-state index in [0.29, 0.717) is 6.54 Å². The standard InChI is InChI=1S/C21H31ClN6O.HI/c1-2-23-21(24-9-5-11-28-12-6-10-26-28)25-17-20(27-13-15-29-16-14-27)18-7-3-4-8-19(18)22;/h3-4,6-8,10,12,20H,2,5,9,11,13-17H2,1H3,(H2,23,24,25);1H. The number of hydrogen-bond donors (Lipinski definition) is 2. The van der Waals surface area contributed by atoms with Gasteiger partial charge in [-0.25, -0.2) is 0 Å². The van der Waals surface area contributed by atoms with Crippen molar-refractivity contribution < 1.29 is 4.74 Å². The fraction of sp³-hybridized carbons (Fsp3) is 0.524. The van der Waals surface area contributed by atoms with Crippen LogP contribution in [0.2, 0.25) is 5.02 Å². The molecule has 0 aliphatic carbocycles. The van der Waals surface area contributed by atoms with Gasteiger partial charge in [0.05, 0.1) is 25.8 Å². The minimum absolute atomic E-state index is 0. The highest BCUT2D eigenvalue weighted by atomic mass is 127. The average Bonchev–Trinajstić information content (AvgIpc) is 3.27. The Balaban J connectivity index is 0.00000320. The van der Waals surface area contributed by atoms with Crippen molar-refractivity contribution in [3.63, 3.8) is 0 Å². The molecule has 0 amide bonds. The third kappa shape index (κ3) is 7.72. The molecule has 1 unspecified atom stereocenters. The Morgan fingerprint density at radius 2 is 2.03 bits per heavy atom. The molecule has 0 saturated carbocycles. The summed E-state index contributed by atoms with van der Waals surface area (Å²) in [5.41, 5.74) is 1.12. The maximum atomic E-state index is 6.52. The van der Waals surface area contributed by atoms with Gasteiger partial charge in [-0.2, -0.15) is 5.10 Å². The topological polar surface area (TPSA) is 66.7 Å². The molecular weight excluding hydrogens is 515 g/mol. The number of aryl methyl sites for hydroxylation is 1. The van der Waals surface area contributed by atoms with Gasteiger partial charge in [-0.15, -0.1) is 24.0 Å². The second kappa shape index (κ2) is 13.8. The van der Waals surface area contributed by atoms with Crippen molar-refractivity contribution in [2.45, 2.75) is 25.9 Å². The van der Waals surface area contributed by atoms with E-state index >= 15 is 0 Å². The summed E-state index contributed by atoms with van der Waals surface area (Å²) in [4.78, 5) is 7.28. The van der Waals surface area contributed by atoms with Crippen LogP contribution in [0.3, 0.4) is 0 Å². The first-order valence-electron chi connectivity index (χ1n) is 10.3. The zero-order chi connectivity index (χ0) is 20.3. The zero-order valence-corrected chi connectivity index (χ0v) is 20.6. The highest BCUT2D eigenvalue weighted by molar-refractivity contribution is 14.0. The number of nitrogens with zero attached hydrogens (tertiary/aromatic N) is 4. The van der Waals surface area contributed by atoms with Gasteiger partial charge in [0.25, 0.3) is 0 Å². The summed E-state index contributed by atoms with van der Waals surface area (Å²) < 4.78 is 7.48. The highest BCUT2D eigenvalue weighted by Gasteiger charge is 2.24. The van der Waals surface area contributed by atoms with Crippen LogP contribution in [-0.2, 0) is 11.3 Å². The molecule has 1 atom stereocenters. The molecule has 1 saturated heterocycles. The molecule has 1 aromatic heterocycles. The number of benzene rings is 1. The summed E-state index contributed by atoms with van der Waals surface area (Å²) >= 11 is 6.52. The van der Waals surface area contributed by atoms with E-state index < -0.39 is 0 Å². The lowest BCUT2D eigenvalue weighted by atomic mass is 10.0. The van der Waals surface area contributed by atoms with E-state index in [1.807, 2.05) is 35.1 Å². The fourth-order valence-corrected chi connectivity index (χ4v) is 3.71. The molecule has 2 N–H and O–H groups in total. The van der Waals surface area contributed by atoms with Gasteiger partial charge in [-0.3, -0.25) is 14.6 Å². The molecule has 3 rings (SSSR count). The van der Waals surface area contributed by atoms with E-state index in [2.05, 4.69) is 33.6 Å². The lowest BCUT2D eigenvalue weighted by Gasteiger charge is -2.34. The molecule has 0 radical (unpaired) electrons. The molecule has 2 aromatic rings. The van der Waals surface area contributed by atoms with Crippen LogP contribution in [0.25, 0.3) is 0 Å². The van der Waals surface area contributed by atoms with Crippen molar-refractivity contribution in [3.05, 3.63) is 53.3 Å². The number of ether oxygens (including phenoxy) is 1. The van der Waals surface area contributed by atoms with Gasteiger partial charge >= 0.3 is 0 Å². The maximum absolute atomic E-state index is 6.52. The fourth-order valence-electron chi connectivity index (χ4n) is 3.45. The molecule has 1 fully saturated rings. The van der Waals surface area contributed by atoms with E-state index in [0.717, 1.165) is 68.9 Å². The van der Waals surface area contributed by atoms with Crippen LogP contribution in [0, 0.1) is 0 Å². The van der Waals surface area contributed by atoms with Crippen molar-refractivity contribution in [2.24, 2.45) is 4.99 Å². The van der Waals surface area contributed by atoms with E-state index in [1.54, 1.807) is 6.20 Å². The molecule has 1 aliphatic heterocycles. The van der Waals surface area contributed by atoms with Crippen LogP contribution >= 0.6 is 35.6 Å². The summed E-state index contributed by atoms with van der Waals surface area (Å²) in [7, 11) is 0. The monoisotopic (exact) mass is 546 g/mol. The SMILES string of the molecule is CCNC(=NCC(c1ccccc1Cl)N1CCOCC1)NCCCn1cccn1.I. The molecule has 1 aliphatic rings. The van der Waals surface area contributed by atoms with E-state index in [4.69, 9.17) is 21.3 Å². The predicted molar refractivity (Wildman–Crippen MR) is 133 cm³/mol. The predicted octanol–water partition coefficient (Wildman–Crippen LogP) is 3.17. The van der Waals surface area contributed by atoms with Crippen molar-refractivity contribution in [1.82, 2.24) is 25.3 Å². The molecule has 7 nitrogen and oxygen atoms in total. The normalized spacial score (nSPS) is 16.0. The Kier molecular flexibility index (Phi) is 11.5.